The van der Waals surface area contributed by atoms with Crippen molar-refractivity contribution in [3.63, 3.8) is 0 Å². The van der Waals surface area contributed by atoms with E-state index in [4.69, 9.17) is 5.11 Å². The number of hydrogen-bond donors (Lipinski definition) is 3. The van der Waals surface area contributed by atoms with Crippen molar-refractivity contribution in [2.24, 2.45) is 5.41 Å². The van der Waals surface area contributed by atoms with Crippen molar-refractivity contribution in [2.75, 3.05) is 18.5 Å². The highest BCUT2D eigenvalue weighted by Crippen LogP contribution is 2.44. The number of amides is 2. The van der Waals surface area contributed by atoms with E-state index < -0.39 is 11.8 Å². The van der Waals surface area contributed by atoms with Gasteiger partial charge in [-0.3, -0.25) is 9.59 Å². The second-order valence-corrected chi connectivity index (χ2v) is 5.54. The molecule has 5 nitrogen and oxygen atoms in total. The molecular formula is C15H20N2O3. The third kappa shape index (κ3) is 3.17. The van der Waals surface area contributed by atoms with Gasteiger partial charge in [-0.25, -0.2) is 0 Å². The maximum atomic E-state index is 11.8. The lowest BCUT2D eigenvalue weighted by molar-refractivity contribution is -0.136. The molecular weight excluding hydrogens is 256 g/mol. The first-order valence-electron chi connectivity index (χ1n) is 6.74. The fourth-order valence-corrected chi connectivity index (χ4v) is 1.98. The van der Waals surface area contributed by atoms with Crippen LogP contribution in [0.2, 0.25) is 0 Å². The number of carbonyl (C=O) groups is 2. The summed E-state index contributed by atoms with van der Waals surface area (Å²) in [6.45, 7) is 4.24. The average Bonchev–Trinajstić information content (AvgIpc) is 3.22. The summed E-state index contributed by atoms with van der Waals surface area (Å²) in [5.41, 5.74) is 2.45. The molecule has 0 aliphatic heterocycles. The van der Waals surface area contributed by atoms with Gasteiger partial charge in [-0.2, -0.15) is 0 Å². The van der Waals surface area contributed by atoms with Crippen LogP contribution in [-0.4, -0.2) is 30.1 Å². The van der Waals surface area contributed by atoms with Crippen molar-refractivity contribution in [1.82, 2.24) is 5.32 Å². The van der Waals surface area contributed by atoms with Crippen LogP contribution in [0.25, 0.3) is 0 Å². The molecule has 0 aromatic heterocycles. The van der Waals surface area contributed by atoms with E-state index in [1.165, 1.54) is 0 Å². The Labute approximate surface area is 118 Å². The molecule has 0 radical (unpaired) electrons. The summed E-state index contributed by atoms with van der Waals surface area (Å²) < 4.78 is 0. The Balaban J connectivity index is 1.91. The molecule has 2 amide bonds. The van der Waals surface area contributed by atoms with Crippen molar-refractivity contribution in [2.45, 2.75) is 26.7 Å². The van der Waals surface area contributed by atoms with E-state index in [0.717, 1.165) is 24.0 Å². The minimum Gasteiger partial charge on any atom is -0.396 e. The topological polar surface area (TPSA) is 78.4 Å². The van der Waals surface area contributed by atoms with Gasteiger partial charge in [-0.05, 0) is 43.9 Å². The minimum atomic E-state index is -0.674. The number of nitrogens with one attached hydrogen (secondary N) is 2. The summed E-state index contributed by atoms with van der Waals surface area (Å²) in [5, 5.41) is 14.3. The zero-order valence-corrected chi connectivity index (χ0v) is 11.8. The number of benzene rings is 1. The number of rotatable bonds is 4. The SMILES string of the molecule is Cc1cccc(NC(=O)C(=O)NCC2(CO)CC2)c1C. The molecule has 1 aromatic rings. The highest BCUT2D eigenvalue weighted by atomic mass is 16.3. The van der Waals surface area contributed by atoms with E-state index in [-0.39, 0.29) is 12.0 Å². The molecule has 1 aliphatic rings. The van der Waals surface area contributed by atoms with E-state index in [1.807, 2.05) is 26.0 Å². The number of carbonyl (C=O) groups excluding carboxylic acids is 2. The van der Waals surface area contributed by atoms with E-state index >= 15 is 0 Å². The van der Waals surface area contributed by atoms with E-state index in [2.05, 4.69) is 10.6 Å². The fraction of sp³-hybridized carbons (Fsp3) is 0.467. The zero-order chi connectivity index (χ0) is 14.8. The van der Waals surface area contributed by atoms with Crippen molar-refractivity contribution >= 4 is 17.5 Å². The Morgan fingerprint density at radius 1 is 1.25 bits per heavy atom. The van der Waals surface area contributed by atoms with E-state index in [1.54, 1.807) is 6.07 Å². The Morgan fingerprint density at radius 2 is 1.95 bits per heavy atom. The van der Waals surface area contributed by atoms with E-state index in [0.29, 0.717) is 12.2 Å². The number of hydrogen-bond acceptors (Lipinski definition) is 3. The molecule has 1 aromatic carbocycles. The molecule has 0 unspecified atom stereocenters. The fourth-order valence-electron chi connectivity index (χ4n) is 1.98. The number of aryl methyl sites for hydroxylation is 1. The number of anilines is 1. The lowest BCUT2D eigenvalue weighted by Gasteiger charge is -2.13. The highest BCUT2D eigenvalue weighted by molar-refractivity contribution is 6.39. The molecule has 5 heteroatoms. The first-order valence-corrected chi connectivity index (χ1v) is 6.74. The maximum Gasteiger partial charge on any atom is 0.313 e. The first-order chi connectivity index (χ1) is 9.47. The zero-order valence-electron chi connectivity index (χ0n) is 11.8. The molecule has 0 saturated heterocycles. The Bertz CT molecular complexity index is 536. The highest BCUT2D eigenvalue weighted by Gasteiger charge is 2.42. The van der Waals surface area contributed by atoms with Crippen molar-refractivity contribution in [3.05, 3.63) is 29.3 Å². The summed E-state index contributed by atoms with van der Waals surface area (Å²) in [6, 6.07) is 5.55. The van der Waals surface area contributed by atoms with Crippen LogP contribution in [-0.2, 0) is 9.59 Å². The first kappa shape index (κ1) is 14.5. The standard InChI is InChI=1S/C15H20N2O3/c1-10-4-3-5-12(11(10)2)17-14(20)13(19)16-8-15(9-18)6-7-15/h3-5,18H,6-9H2,1-2H3,(H,16,19)(H,17,20). The predicted octanol–water partition coefficient (Wildman–Crippen LogP) is 1.13. The molecule has 1 saturated carbocycles. The molecule has 108 valence electrons. The lowest BCUT2D eigenvalue weighted by atomic mass is 10.1. The third-order valence-corrected chi connectivity index (χ3v) is 3.98. The van der Waals surface area contributed by atoms with Crippen LogP contribution in [0.15, 0.2) is 18.2 Å². The molecule has 0 atom stereocenters. The molecule has 0 spiro atoms. The lowest BCUT2D eigenvalue weighted by Crippen LogP contribution is -2.39. The normalized spacial score (nSPS) is 15.6. The van der Waals surface area contributed by atoms with Crippen LogP contribution in [0.3, 0.4) is 0 Å². The Kier molecular flexibility index (Phi) is 4.09. The summed E-state index contributed by atoms with van der Waals surface area (Å²) in [4.78, 5) is 23.5. The van der Waals surface area contributed by atoms with Gasteiger partial charge in [0.2, 0.25) is 0 Å². The van der Waals surface area contributed by atoms with Gasteiger partial charge in [-0.1, -0.05) is 12.1 Å². The minimum absolute atomic E-state index is 0.0475. The molecule has 2 rings (SSSR count). The Morgan fingerprint density at radius 3 is 2.55 bits per heavy atom. The second-order valence-electron chi connectivity index (χ2n) is 5.54. The van der Waals surface area contributed by atoms with Crippen LogP contribution in [0.5, 0.6) is 0 Å². The van der Waals surface area contributed by atoms with Crippen LogP contribution >= 0.6 is 0 Å². The van der Waals surface area contributed by atoms with Crippen LogP contribution in [0.4, 0.5) is 5.69 Å². The van der Waals surface area contributed by atoms with E-state index in [9.17, 15) is 9.59 Å². The van der Waals surface area contributed by atoms with Gasteiger partial charge in [0.15, 0.2) is 0 Å². The molecule has 3 N–H and O–H groups in total. The quantitative estimate of drug-likeness (QED) is 0.721. The largest absolute Gasteiger partial charge is 0.396 e. The van der Waals surface area contributed by atoms with Gasteiger partial charge < -0.3 is 15.7 Å². The van der Waals surface area contributed by atoms with Crippen LogP contribution in [0, 0.1) is 19.3 Å². The van der Waals surface area contributed by atoms with Gasteiger partial charge in [-0.15, -0.1) is 0 Å². The summed E-state index contributed by atoms with van der Waals surface area (Å²) in [7, 11) is 0. The molecule has 1 aliphatic carbocycles. The predicted molar refractivity (Wildman–Crippen MR) is 76.3 cm³/mol. The molecule has 1 fully saturated rings. The van der Waals surface area contributed by atoms with Gasteiger partial charge in [0.25, 0.3) is 0 Å². The Hall–Kier alpha value is -1.88. The molecule has 20 heavy (non-hydrogen) atoms. The smallest absolute Gasteiger partial charge is 0.313 e. The molecule has 0 heterocycles. The molecule has 0 bridgehead atoms. The number of aliphatic hydroxyl groups excluding tert-OH is 1. The third-order valence-electron chi connectivity index (χ3n) is 3.98. The van der Waals surface area contributed by atoms with Gasteiger partial charge in [0, 0.05) is 17.6 Å². The van der Waals surface area contributed by atoms with Crippen molar-refractivity contribution in [1.29, 1.82) is 0 Å². The average molecular weight is 276 g/mol. The van der Waals surface area contributed by atoms with Gasteiger partial charge in [0.1, 0.15) is 0 Å². The van der Waals surface area contributed by atoms with Crippen LogP contribution < -0.4 is 10.6 Å². The van der Waals surface area contributed by atoms with Gasteiger partial charge in [0.05, 0.1) is 6.61 Å². The monoisotopic (exact) mass is 276 g/mol. The van der Waals surface area contributed by atoms with Crippen molar-refractivity contribution < 1.29 is 14.7 Å². The van der Waals surface area contributed by atoms with Crippen molar-refractivity contribution in [3.8, 4) is 0 Å². The maximum absolute atomic E-state index is 11.8. The summed E-state index contributed by atoms with van der Waals surface area (Å²) >= 11 is 0. The summed E-state index contributed by atoms with van der Waals surface area (Å²) in [6.07, 6.45) is 1.78. The second kappa shape index (κ2) is 5.63. The number of aliphatic hydroxyl groups is 1. The van der Waals surface area contributed by atoms with Crippen LogP contribution in [0.1, 0.15) is 24.0 Å². The van der Waals surface area contributed by atoms with Gasteiger partial charge >= 0.3 is 11.8 Å². The summed E-state index contributed by atoms with van der Waals surface area (Å²) in [5.74, 6) is -1.34.